The van der Waals surface area contributed by atoms with Crippen LogP contribution in [0.4, 0.5) is 23.0 Å². The number of alkyl halides is 1. The molecule has 1 aromatic heterocycles. The third-order valence-corrected chi connectivity index (χ3v) is 6.62. The van der Waals surface area contributed by atoms with E-state index in [0.717, 1.165) is 54.0 Å². The van der Waals surface area contributed by atoms with Crippen LogP contribution in [-0.2, 0) is 5.88 Å². The van der Waals surface area contributed by atoms with E-state index in [4.69, 9.17) is 11.6 Å². The number of hydrogen-bond acceptors (Lipinski definition) is 5. The molecule has 0 radical (unpaired) electrons. The van der Waals surface area contributed by atoms with E-state index in [0.29, 0.717) is 17.1 Å². The molecular formula is C29H28ClN5O. The SMILES string of the molecule is O=C(Nc1ncc(-c2ccccc2)cn1)c1cc(N2CCCCC2)ccc1Nc1cccc(CCl)c1. The standard InChI is InChI=1S/C29H28ClN5O/c30-18-21-8-7-11-24(16-21)33-27-13-12-25(35-14-5-2-6-15-35)17-26(27)28(36)34-29-31-19-23(20-32-29)22-9-3-1-4-10-22/h1,3-4,7-13,16-17,19-20,33H,2,5-6,14-15,18H2,(H,31,32,34,36). The lowest BCUT2D eigenvalue weighted by molar-refractivity contribution is 0.102. The maximum atomic E-state index is 13.5. The number of benzene rings is 3. The zero-order valence-corrected chi connectivity index (χ0v) is 20.7. The maximum absolute atomic E-state index is 13.5. The first-order valence-corrected chi connectivity index (χ1v) is 12.7. The topological polar surface area (TPSA) is 70.2 Å². The highest BCUT2D eigenvalue weighted by molar-refractivity contribution is 6.17. The van der Waals surface area contributed by atoms with E-state index in [2.05, 4.69) is 31.6 Å². The van der Waals surface area contributed by atoms with E-state index in [9.17, 15) is 4.79 Å². The Labute approximate surface area is 216 Å². The van der Waals surface area contributed by atoms with Crippen LogP contribution in [0, 0.1) is 0 Å². The molecule has 0 atom stereocenters. The Balaban J connectivity index is 1.41. The van der Waals surface area contributed by atoms with Crippen LogP contribution >= 0.6 is 11.6 Å². The van der Waals surface area contributed by atoms with Crippen molar-refractivity contribution in [1.29, 1.82) is 0 Å². The van der Waals surface area contributed by atoms with E-state index in [-0.39, 0.29) is 11.9 Å². The Morgan fingerprint density at radius 3 is 2.39 bits per heavy atom. The van der Waals surface area contributed by atoms with E-state index < -0.39 is 0 Å². The number of nitrogens with zero attached hydrogens (tertiary/aromatic N) is 3. The zero-order valence-electron chi connectivity index (χ0n) is 20.0. The molecule has 6 nitrogen and oxygen atoms in total. The lowest BCUT2D eigenvalue weighted by atomic mass is 10.1. The van der Waals surface area contributed by atoms with Crippen molar-refractivity contribution in [3.05, 3.63) is 96.3 Å². The van der Waals surface area contributed by atoms with Gasteiger partial charge in [-0.25, -0.2) is 9.97 Å². The van der Waals surface area contributed by atoms with Gasteiger partial charge < -0.3 is 10.2 Å². The molecule has 1 saturated heterocycles. The summed E-state index contributed by atoms with van der Waals surface area (Å²) in [5.74, 6) is 0.419. The molecule has 4 aromatic rings. The van der Waals surface area contributed by atoms with Crippen LogP contribution in [0.5, 0.6) is 0 Å². The number of hydrogen-bond donors (Lipinski definition) is 2. The number of rotatable bonds is 7. The Morgan fingerprint density at radius 1 is 0.861 bits per heavy atom. The van der Waals surface area contributed by atoms with Crippen molar-refractivity contribution in [3.63, 3.8) is 0 Å². The summed E-state index contributed by atoms with van der Waals surface area (Å²) in [4.78, 5) is 24.6. The molecule has 36 heavy (non-hydrogen) atoms. The lowest BCUT2D eigenvalue weighted by Crippen LogP contribution is -2.29. The average Bonchev–Trinajstić information content (AvgIpc) is 2.94. The molecule has 1 aliphatic heterocycles. The molecule has 0 unspecified atom stereocenters. The van der Waals surface area contributed by atoms with Crippen LogP contribution in [0.15, 0.2) is 85.2 Å². The Hall–Kier alpha value is -3.90. The van der Waals surface area contributed by atoms with E-state index in [1.54, 1.807) is 12.4 Å². The van der Waals surface area contributed by atoms with Gasteiger partial charge in [-0.05, 0) is 60.7 Å². The largest absolute Gasteiger partial charge is 0.372 e. The quantitative estimate of drug-likeness (QED) is 0.273. The summed E-state index contributed by atoms with van der Waals surface area (Å²) in [7, 11) is 0. The molecule has 0 aliphatic carbocycles. The minimum atomic E-state index is -0.266. The first kappa shape index (κ1) is 23.8. The molecule has 0 spiro atoms. The molecule has 5 rings (SSSR count). The van der Waals surface area contributed by atoms with Gasteiger partial charge in [0, 0.05) is 48.3 Å². The normalized spacial score (nSPS) is 13.3. The average molecular weight is 498 g/mol. The van der Waals surface area contributed by atoms with Gasteiger partial charge in [-0.2, -0.15) is 0 Å². The van der Waals surface area contributed by atoms with Gasteiger partial charge in [0.05, 0.1) is 11.3 Å². The molecule has 0 saturated carbocycles. The van der Waals surface area contributed by atoms with Crippen molar-refractivity contribution in [2.75, 3.05) is 28.6 Å². The number of carbonyl (C=O) groups excluding carboxylic acids is 1. The van der Waals surface area contributed by atoms with Gasteiger partial charge in [-0.3, -0.25) is 10.1 Å². The predicted molar refractivity (Wildman–Crippen MR) is 147 cm³/mol. The minimum Gasteiger partial charge on any atom is -0.372 e. The van der Waals surface area contributed by atoms with Crippen LogP contribution in [0.1, 0.15) is 35.2 Å². The molecule has 7 heteroatoms. The summed E-state index contributed by atoms with van der Waals surface area (Å²) in [5.41, 5.74) is 6.07. The van der Waals surface area contributed by atoms with Gasteiger partial charge in [0.25, 0.3) is 5.91 Å². The summed E-state index contributed by atoms with van der Waals surface area (Å²) in [6.07, 6.45) is 7.01. The van der Waals surface area contributed by atoms with E-state index >= 15 is 0 Å². The third-order valence-electron chi connectivity index (χ3n) is 6.31. The fourth-order valence-electron chi connectivity index (χ4n) is 4.41. The molecule has 1 fully saturated rings. The Morgan fingerprint density at radius 2 is 1.64 bits per heavy atom. The molecule has 1 amide bonds. The number of piperidine rings is 1. The van der Waals surface area contributed by atoms with Gasteiger partial charge in [0.1, 0.15) is 0 Å². The van der Waals surface area contributed by atoms with Crippen molar-refractivity contribution in [3.8, 4) is 11.1 Å². The van der Waals surface area contributed by atoms with Crippen LogP contribution in [0.2, 0.25) is 0 Å². The number of amides is 1. The molecular weight excluding hydrogens is 470 g/mol. The number of aromatic nitrogens is 2. The summed E-state index contributed by atoms with van der Waals surface area (Å²) in [6, 6.07) is 23.8. The van der Waals surface area contributed by atoms with Gasteiger partial charge in [-0.1, -0.05) is 42.5 Å². The molecule has 182 valence electrons. The number of carbonyl (C=O) groups is 1. The van der Waals surface area contributed by atoms with Crippen LogP contribution in [0.25, 0.3) is 11.1 Å². The Kier molecular flexibility index (Phi) is 7.43. The highest BCUT2D eigenvalue weighted by atomic mass is 35.5. The zero-order chi connectivity index (χ0) is 24.7. The second-order valence-corrected chi connectivity index (χ2v) is 9.12. The number of halogens is 1. The van der Waals surface area contributed by atoms with E-state index in [1.807, 2.05) is 66.7 Å². The molecule has 3 aromatic carbocycles. The highest BCUT2D eigenvalue weighted by Crippen LogP contribution is 2.29. The fraction of sp³-hybridized carbons (Fsp3) is 0.207. The van der Waals surface area contributed by atoms with Crippen molar-refractivity contribution >= 4 is 40.5 Å². The third kappa shape index (κ3) is 5.66. The van der Waals surface area contributed by atoms with Crippen molar-refractivity contribution < 1.29 is 4.79 Å². The first-order chi connectivity index (χ1) is 17.7. The smallest absolute Gasteiger partial charge is 0.260 e. The maximum Gasteiger partial charge on any atom is 0.260 e. The molecule has 2 heterocycles. The van der Waals surface area contributed by atoms with Gasteiger partial charge in [-0.15, -0.1) is 11.6 Å². The second-order valence-electron chi connectivity index (χ2n) is 8.85. The van der Waals surface area contributed by atoms with Crippen LogP contribution in [0.3, 0.4) is 0 Å². The fourth-order valence-corrected chi connectivity index (χ4v) is 4.57. The van der Waals surface area contributed by atoms with Crippen molar-refractivity contribution in [2.24, 2.45) is 0 Å². The van der Waals surface area contributed by atoms with Gasteiger partial charge >= 0.3 is 0 Å². The highest BCUT2D eigenvalue weighted by Gasteiger charge is 2.18. The molecule has 0 bridgehead atoms. The van der Waals surface area contributed by atoms with Crippen molar-refractivity contribution in [2.45, 2.75) is 25.1 Å². The number of anilines is 4. The van der Waals surface area contributed by atoms with E-state index in [1.165, 1.54) is 6.42 Å². The molecule has 2 N–H and O–H groups in total. The Bertz CT molecular complexity index is 1320. The van der Waals surface area contributed by atoms with Crippen LogP contribution in [-0.4, -0.2) is 29.0 Å². The minimum absolute atomic E-state index is 0.262. The first-order valence-electron chi connectivity index (χ1n) is 12.2. The number of nitrogens with one attached hydrogen (secondary N) is 2. The summed E-state index contributed by atoms with van der Waals surface area (Å²) >= 11 is 6.02. The summed E-state index contributed by atoms with van der Waals surface area (Å²) in [6.45, 7) is 1.99. The second kappa shape index (κ2) is 11.2. The lowest BCUT2D eigenvalue weighted by Gasteiger charge is -2.29. The van der Waals surface area contributed by atoms with Gasteiger partial charge in [0.2, 0.25) is 5.95 Å². The monoisotopic (exact) mass is 497 g/mol. The van der Waals surface area contributed by atoms with Gasteiger partial charge in [0.15, 0.2) is 0 Å². The molecule has 1 aliphatic rings. The van der Waals surface area contributed by atoms with Crippen LogP contribution < -0.4 is 15.5 Å². The van der Waals surface area contributed by atoms with Crippen molar-refractivity contribution in [1.82, 2.24) is 9.97 Å². The predicted octanol–water partition coefficient (Wildman–Crippen LogP) is 6.87. The summed E-state index contributed by atoms with van der Waals surface area (Å²) < 4.78 is 0. The summed E-state index contributed by atoms with van der Waals surface area (Å²) in [5, 5.41) is 6.27.